The van der Waals surface area contributed by atoms with Gasteiger partial charge < -0.3 is 19.7 Å². The minimum atomic E-state index is -0.141. The number of benzene rings is 1. The molecule has 0 amide bonds. The topological polar surface area (TPSA) is 70.5 Å². The molecule has 1 heterocycles. The number of hydrogen-bond donors (Lipinski definition) is 1. The van der Waals surface area contributed by atoms with Crippen molar-refractivity contribution in [2.24, 2.45) is 5.73 Å². The molecule has 1 aromatic heterocycles. The van der Waals surface area contributed by atoms with Gasteiger partial charge in [0.2, 0.25) is 0 Å². The van der Waals surface area contributed by atoms with Crippen molar-refractivity contribution in [3.63, 3.8) is 0 Å². The van der Waals surface area contributed by atoms with Crippen LogP contribution < -0.4 is 15.2 Å². The van der Waals surface area contributed by atoms with E-state index in [0.717, 1.165) is 17.7 Å². The summed E-state index contributed by atoms with van der Waals surface area (Å²) in [7, 11) is 3.23. The summed E-state index contributed by atoms with van der Waals surface area (Å²) in [5, 5.41) is 4.05. The number of aromatic nitrogens is 1. The molecule has 0 aliphatic carbocycles. The smallest absolute Gasteiger partial charge is 0.154 e. The SMILES string of the molecule is CCC(N)c1cc(-c2cc(OC)ccc2OC)no1. The fourth-order valence-corrected chi connectivity index (χ4v) is 1.81. The first-order valence-electron chi connectivity index (χ1n) is 6.14. The van der Waals surface area contributed by atoms with Crippen molar-refractivity contribution in [3.05, 3.63) is 30.0 Å². The molecule has 0 saturated heterocycles. The summed E-state index contributed by atoms with van der Waals surface area (Å²) in [5.41, 5.74) is 7.43. The molecule has 5 heteroatoms. The van der Waals surface area contributed by atoms with Crippen LogP contribution in [0.5, 0.6) is 11.5 Å². The van der Waals surface area contributed by atoms with Gasteiger partial charge in [0.25, 0.3) is 0 Å². The zero-order valence-corrected chi connectivity index (χ0v) is 11.3. The summed E-state index contributed by atoms with van der Waals surface area (Å²) in [5.74, 6) is 2.12. The van der Waals surface area contributed by atoms with E-state index in [1.165, 1.54) is 0 Å². The Morgan fingerprint density at radius 2 is 2.05 bits per heavy atom. The third-order valence-corrected chi connectivity index (χ3v) is 3.02. The summed E-state index contributed by atoms with van der Waals surface area (Å²) >= 11 is 0. The fourth-order valence-electron chi connectivity index (χ4n) is 1.81. The van der Waals surface area contributed by atoms with Crippen LogP contribution in [0.2, 0.25) is 0 Å². The number of rotatable bonds is 5. The molecule has 0 fully saturated rings. The normalized spacial score (nSPS) is 12.2. The molecule has 1 aromatic carbocycles. The second-order valence-electron chi connectivity index (χ2n) is 4.20. The number of nitrogens with zero attached hydrogens (tertiary/aromatic N) is 1. The van der Waals surface area contributed by atoms with Gasteiger partial charge in [0.05, 0.1) is 20.3 Å². The maximum absolute atomic E-state index is 5.92. The van der Waals surface area contributed by atoms with Crippen LogP contribution in [0.25, 0.3) is 11.3 Å². The Bertz CT molecular complexity index is 551. The van der Waals surface area contributed by atoms with E-state index in [0.29, 0.717) is 17.2 Å². The van der Waals surface area contributed by atoms with E-state index in [9.17, 15) is 0 Å². The van der Waals surface area contributed by atoms with E-state index in [1.807, 2.05) is 31.2 Å². The van der Waals surface area contributed by atoms with Gasteiger partial charge in [0.1, 0.15) is 17.2 Å². The quantitative estimate of drug-likeness (QED) is 0.897. The minimum Gasteiger partial charge on any atom is -0.497 e. The van der Waals surface area contributed by atoms with E-state index in [1.54, 1.807) is 14.2 Å². The zero-order chi connectivity index (χ0) is 13.8. The van der Waals surface area contributed by atoms with Crippen LogP contribution in [-0.4, -0.2) is 19.4 Å². The molecule has 5 nitrogen and oxygen atoms in total. The van der Waals surface area contributed by atoms with Crippen molar-refractivity contribution in [1.29, 1.82) is 0 Å². The van der Waals surface area contributed by atoms with Crippen molar-refractivity contribution < 1.29 is 14.0 Å². The average molecular weight is 262 g/mol. The monoisotopic (exact) mass is 262 g/mol. The third-order valence-electron chi connectivity index (χ3n) is 3.02. The summed E-state index contributed by atoms with van der Waals surface area (Å²) < 4.78 is 15.8. The van der Waals surface area contributed by atoms with Gasteiger partial charge in [-0.3, -0.25) is 0 Å². The summed E-state index contributed by atoms with van der Waals surface area (Å²) in [6.07, 6.45) is 0.796. The van der Waals surface area contributed by atoms with Crippen molar-refractivity contribution in [2.75, 3.05) is 14.2 Å². The fraction of sp³-hybridized carbons (Fsp3) is 0.357. The third kappa shape index (κ3) is 2.71. The van der Waals surface area contributed by atoms with Crippen LogP contribution in [0.3, 0.4) is 0 Å². The molecule has 0 aliphatic rings. The molecule has 1 atom stereocenters. The Hall–Kier alpha value is -2.01. The van der Waals surface area contributed by atoms with E-state index in [2.05, 4.69) is 5.16 Å². The highest BCUT2D eigenvalue weighted by Crippen LogP contribution is 2.33. The van der Waals surface area contributed by atoms with Crippen LogP contribution in [0.4, 0.5) is 0 Å². The standard InChI is InChI=1S/C14H18N2O3/c1-4-11(15)14-8-12(16-19-14)10-7-9(17-2)5-6-13(10)18-3/h5-8,11H,4,15H2,1-3H3. The lowest BCUT2D eigenvalue weighted by molar-refractivity contribution is 0.359. The lowest BCUT2D eigenvalue weighted by Crippen LogP contribution is -2.06. The Kier molecular flexibility index (Phi) is 4.06. The molecule has 2 rings (SSSR count). The van der Waals surface area contributed by atoms with Gasteiger partial charge in [-0.2, -0.15) is 0 Å². The van der Waals surface area contributed by atoms with Crippen molar-refractivity contribution in [3.8, 4) is 22.8 Å². The van der Waals surface area contributed by atoms with Gasteiger partial charge in [-0.1, -0.05) is 12.1 Å². The van der Waals surface area contributed by atoms with Crippen molar-refractivity contribution in [2.45, 2.75) is 19.4 Å². The van der Waals surface area contributed by atoms with Crippen LogP contribution in [0, 0.1) is 0 Å². The maximum Gasteiger partial charge on any atom is 0.154 e. The second-order valence-corrected chi connectivity index (χ2v) is 4.20. The summed E-state index contributed by atoms with van der Waals surface area (Å²) in [4.78, 5) is 0. The molecule has 0 bridgehead atoms. The first kappa shape index (κ1) is 13.4. The lowest BCUT2D eigenvalue weighted by atomic mass is 10.1. The predicted octanol–water partition coefficient (Wildman–Crippen LogP) is 2.77. The van der Waals surface area contributed by atoms with Gasteiger partial charge in [-0.15, -0.1) is 0 Å². The molecule has 102 valence electrons. The molecule has 2 N–H and O–H groups in total. The van der Waals surface area contributed by atoms with E-state index >= 15 is 0 Å². The molecule has 2 aromatic rings. The Morgan fingerprint density at radius 3 is 2.68 bits per heavy atom. The molecule has 1 unspecified atom stereocenters. The highest BCUT2D eigenvalue weighted by Gasteiger charge is 2.15. The summed E-state index contributed by atoms with van der Waals surface area (Å²) in [6.45, 7) is 2.00. The van der Waals surface area contributed by atoms with Crippen LogP contribution >= 0.6 is 0 Å². The Labute approximate surface area is 112 Å². The average Bonchev–Trinajstić information content (AvgIpc) is 2.95. The summed E-state index contributed by atoms with van der Waals surface area (Å²) in [6, 6.07) is 7.23. The molecular weight excluding hydrogens is 244 g/mol. The van der Waals surface area contributed by atoms with Gasteiger partial charge in [-0.05, 0) is 24.6 Å². The minimum absolute atomic E-state index is 0.141. The molecule has 0 radical (unpaired) electrons. The molecular formula is C14H18N2O3. The molecule has 0 aliphatic heterocycles. The number of methoxy groups -OCH3 is 2. The molecule has 0 spiro atoms. The molecule has 19 heavy (non-hydrogen) atoms. The lowest BCUT2D eigenvalue weighted by Gasteiger charge is -2.07. The van der Waals surface area contributed by atoms with Gasteiger partial charge in [0, 0.05) is 11.6 Å². The van der Waals surface area contributed by atoms with Gasteiger partial charge in [-0.25, -0.2) is 0 Å². The number of nitrogens with two attached hydrogens (primary N) is 1. The van der Waals surface area contributed by atoms with E-state index in [-0.39, 0.29) is 6.04 Å². The van der Waals surface area contributed by atoms with Gasteiger partial charge in [0.15, 0.2) is 5.76 Å². The zero-order valence-electron chi connectivity index (χ0n) is 11.3. The Balaban J connectivity index is 2.42. The van der Waals surface area contributed by atoms with Gasteiger partial charge >= 0.3 is 0 Å². The molecule has 0 saturated carbocycles. The first-order chi connectivity index (χ1) is 9.19. The van der Waals surface area contributed by atoms with E-state index in [4.69, 9.17) is 19.7 Å². The predicted molar refractivity (Wildman–Crippen MR) is 72.3 cm³/mol. The number of hydrogen-bond acceptors (Lipinski definition) is 5. The van der Waals surface area contributed by atoms with Crippen LogP contribution in [-0.2, 0) is 0 Å². The highest BCUT2D eigenvalue weighted by molar-refractivity contribution is 5.69. The maximum atomic E-state index is 5.92. The Morgan fingerprint density at radius 1 is 1.26 bits per heavy atom. The first-order valence-corrected chi connectivity index (χ1v) is 6.14. The van der Waals surface area contributed by atoms with Crippen molar-refractivity contribution >= 4 is 0 Å². The second kappa shape index (κ2) is 5.75. The number of ether oxygens (including phenoxy) is 2. The van der Waals surface area contributed by atoms with Crippen LogP contribution in [0.1, 0.15) is 25.1 Å². The van der Waals surface area contributed by atoms with E-state index < -0.39 is 0 Å². The van der Waals surface area contributed by atoms with Crippen molar-refractivity contribution in [1.82, 2.24) is 5.16 Å². The highest BCUT2D eigenvalue weighted by atomic mass is 16.5. The van der Waals surface area contributed by atoms with Crippen LogP contribution in [0.15, 0.2) is 28.8 Å². The largest absolute Gasteiger partial charge is 0.497 e.